The molecule has 0 aliphatic carbocycles. The van der Waals surface area contributed by atoms with E-state index in [1.54, 1.807) is 45.0 Å². The maximum absolute atomic E-state index is 13.4. The monoisotopic (exact) mass is 460 g/mol. The van der Waals surface area contributed by atoms with E-state index in [0.29, 0.717) is 24.3 Å². The van der Waals surface area contributed by atoms with Crippen LogP contribution in [-0.4, -0.2) is 49.3 Å². The van der Waals surface area contributed by atoms with Crippen LogP contribution in [0.3, 0.4) is 0 Å². The van der Waals surface area contributed by atoms with Crippen LogP contribution in [0.4, 0.5) is 0 Å². The number of hydrogen-bond donors (Lipinski definition) is 1. The van der Waals surface area contributed by atoms with E-state index in [2.05, 4.69) is 39.2 Å². The number of imide groups is 1. The summed E-state index contributed by atoms with van der Waals surface area (Å²) < 4.78 is 12.2. The molecular formula is C24H36N2O5Si. The van der Waals surface area contributed by atoms with Crippen LogP contribution in [-0.2, 0) is 14.0 Å². The summed E-state index contributed by atoms with van der Waals surface area (Å²) in [6.45, 7) is 16.5. The van der Waals surface area contributed by atoms with Gasteiger partial charge in [0, 0.05) is 6.61 Å². The number of fused-ring (bicyclic) bond motifs is 1. The number of nitrogens with zero attached hydrogens (tertiary/aromatic N) is 1. The molecule has 1 fully saturated rings. The van der Waals surface area contributed by atoms with Crippen LogP contribution >= 0.6 is 0 Å². The minimum Gasteiger partial charge on any atom is -0.467 e. The van der Waals surface area contributed by atoms with Gasteiger partial charge in [0.25, 0.3) is 5.91 Å². The Bertz CT molecular complexity index is 921. The van der Waals surface area contributed by atoms with Gasteiger partial charge in [-0.05, 0) is 50.5 Å². The molecular weight excluding hydrogens is 424 g/mol. The number of ether oxygens (including phenoxy) is 1. The molecule has 2 aliphatic heterocycles. The van der Waals surface area contributed by atoms with Gasteiger partial charge in [-0.1, -0.05) is 39.8 Å². The van der Waals surface area contributed by atoms with Crippen molar-refractivity contribution in [2.24, 2.45) is 11.8 Å². The molecule has 3 amide bonds. The Morgan fingerprint density at radius 3 is 2.47 bits per heavy atom. The highest BCUT2D eigenvalue weighted by molar-refractivity contribution is 6.74. The Labute approximate surface area is 192 Å². The smallest absolute Gasteiger partial charge is 0.267 e. The number of nitrogens with one attached hydrogen (secondary N) is 1. The van der Waals surface area contributed by atoms with Crippen LogP contribution in [0, 0.1) is 11.8 Å². The number of β-lactam (4-membered cyclic amide) rings is 1. The van der Waals surface area contributed by atoms with Crippen LogP contribution in [0.1, 0.15) is 58.3 Å². The Kier molecular flexibility index (Phi) is 6.34. The van der Waals surface area contributed by atoms with Gasteiger partial charge in [0.15, 0.2) is 14.0 Å². The first-order valence-electron chi connectivity index (χ1n) is 11.3. The van der Waals surface area contributed by atoms with Gasteiger partial charge in [0.2, 0.25) is 11.8 Å². The number of benzene rings is 1. The summed E-state index contributed by atoms with van der Waals surface area (Å²) in [4.78, 5) is 40.1. The molecule has 0 saturated carbocycles. The van der Waals surface area contributed by atoms with Crippen LogP contribution in [0.25, 0.3) is 0 Å². The van der Waals surface area contributed by atoms with Crippen LogP contribution in [0.5, 0.6) is 5.75 Å². The SMILES string of the molecule is CC(C(=O)N1C(=O)c2ccccc2OC1(C)C)[C@H]1NC(=O)[C@@H]1CCO[Si](C)(C)C(C)(C)C. The summed E-state index contributed by atoms with van der Waals surface area (Å²) in [6, 6.07) is 6.59. The summed E-state index contributed by atoms with van der Waals surface area (Å²) in [5.74, 6) is -1.21. The van der Waals surface area contributed by atoms with Crippen molar-refractivity contribution in [2.75, 3.05) is 6.61 Å². The molecule has 1 saturated heterocycles. The van der Waals surface area contributed by atoms with Gasteiger partial charge < -0.3 is 14.5 Å². The molecule has 32 heavy (non-hydrogen) atoms. The molecule has 3 atom stereocenters. The second kappa shape index (κ2) is 8.30. The van der Waals surface area contributed by atoms with E-state index in [4.69, 9.17) is 9.16 Å². The lowest BCUT2D eigenvalue weighted by Crippen LogP contribution is -2.66. The highest BCUT2D eigenvalue weighted by atomic mass is 28.4. The molecule has 1 unspecified atom stereocenters. The van der Waals surface area contributed by atoms with E-state index < -0.39 is 20.0 Å². The molecule has 0 aromatic heterocycles. The van der Waals surface area contributed by atoms with Crippen LogP contribution < -0.4 is 10.1 Å². The van der Waals surface area contributed by atoms with Crippen molar-refractivity contribution in [3.8, 4) is 5.75 Å². The molecule has 2 heterocycles. The van der Waals surface area contributed by atoms with Crippen molar-refractivity contribution in [1.82, 2.24) is 10.2 Å². The zero-order valence-electron chi connectivity index (χ0n) is 20.4. The third kappa shape index (κ3) is 4.35. The highest BCUT2D eigenvalue weighted by Gasteiger charge is 2.50. The first kappa shape index (κ1) is 24.4. The van der Waals surface area contributed by atoms with E-state index in [-0.39, 0.29) is 34.7 Å². The van der Waals surface area contributed by atoms with Crippen molar-refractivity contribution in [3.05, 3.63) is 29.8 Å². The molecule has 0 radical (unpaired) electrons. The third-order valence-electron chi connectivity index (χ3n) is 7.14. The molecule has 3 rings (SSSR count). The summed E-state index contributed by atoms with van der Waals surface area (Å²) in [7, 11) is -1.91. The van der Waals surface area contributed by atoms with Crippen LogP contribution in [0.15, 0.2) is 24.3 Å². The molecule has 1 aromatic carbocycles. The fourth-order valence-corrected chi connectivity index (χ4v) is 5.08. The van der Waals surface area contributed by atoms with Crippen molar-refractivity contribution < 1.29 is 23.5 Å². The van der Waals surface area contributed by atoms with Gasteiger partial charge in [0.05, 0.1) is 23.4 Å². The van der Waals surface area contributed by atoms with Gasteiger partial charge in [-0.15, -0.1) is 0 Å². The van der Waals surface area contributed by atoms with Crippen molar-refractivity contribution in [3.63, 3.8) is 0 Å². The Morgan fingerprint density at radius 2 is 1.88 bits per heavy atom. The molecule has 0 spiro atoms. The standard InChI is InChI=1S/C24H36N2O5Si/c1-15(19-17(20(27)25-19)13-14-30-32(7,8)23(2,3)4)21(28)26-22(29)16-11-9-10-12-18(16)31-24(26,5)6/h9-12,15,17,19H,13-14H2,1-8H3,(H,25,27)/t15?,17-,19-/m1/s1. The molecule has 1 aromatic rings. The Balaban J connectivity index is 1.70. The lowest BCUT2D eigenvalue weighted by atomic mass is 9.79. The van der Waals surface area contributed by atoms with Gasteiger partial charge in [-0.2, -0.15) is 0 Å². The Morgan fingerprint density at radius 1 is 1.25 bits per heavy atom. The summed E-state index contributed by atoms with van der Waals surface area (Å²) >= 11 is 0. The number of carbonyl (C=O) groups excluding carboxylic acids is 3. The second-order valence-corrected chi connectivity index (χ2v) is 15.7. The number of hydrogen-bond acceptors (Lipinski definition) is 5. The fraction of sp³-hybridized carbons (Fsp3) is 0.625. The van der Waals surface area contributed by atoms with Gasteiger partial charge >= 0.3 is 0 Å². The zero-order chi connectivity index (χ0) is 24.1. The van der Waals surface area contributed by atoms with Crippen LogP contribution in [0.2, 0.25) is 18.1 Å². The summed E-state index contributed by atoms with van der Waals surface area (Å²) in [5.41, 5.74) is -0.754. The normalized spacial score (nSPS) is 23.6. The van der Waals surface area contributed by atoms with Gasteiger partial charge in [-0.3, -0.25) is 14.4 Å². The minimum absolute atomic E-state index is 0.0701. The number of carbonyl (C=O) groups is 3. The van der Waals surface area contributed by atoms with Crippen molar-refractivity contribution in [2.45, 2.75) is 77.9 Å². The average molecular weight is 461 g/mol. The van der Waals surface area contributed by atoms with E-state index in [1.165, 1.54) is 4.90 Å². The first-order valence-corrected chi connectivity index (χ1v) is 14.2. The predicted molar refractivity (Wildman–Crippen MR) is 125 cm³/mol. The first-order chi connectivity index (χ1) is 14.7. The summed E-state index contributed by atoms with van der Waals surface area (Å²) in [5, 5.41) is 2.96. The van der Waals surface area contributed by atoms with Crippen molar-refractivity contribution in [1.29, 1.82) is 0 Å². The van der Waals surface area contributed by atoms with Gasteiger partial charge in [0.1, 0.15) is 5.75 Å². The maximum atomic E-state index is 13.4. The zero-order valence-corrected chi connectivity index (χ0v) is 21.4. The minimum atomic E-state index is -1.91. The molecule has 8 heteroatoms. The number of rotatable bonds is 6. The molecule has 7 nitrogen and oxygen atoms in total. The third-order valence-corrected chi connectivity index (χ3v) is 11.7. The predicted octanol–water partition coefficient (Wildman–Crippen LogP) is 3.95. The quantitative estimate of drug-likeness (QED) is 0.513. The van der Waals surface area contributed by atoms with E-state index in [1.807, 2.05) is 0 Å². The average Bonchev–Trinajstić information content (AvgIpc) is 2.67. The molecule has 176 valence electrons. The molecule has 2 aliphatic rings. The number of amides is 3. The van der Waals surface area contributed by atoms with E-state index in [9.17, 15) is 14.4 Å². The second-order valence-electron chi connectivity index (χ2n) is 10.9. The van der Waals surface area contributed by atoms with E-state index in [0.717, 1.165) is 0 Å². The fourth-order valence-electron chi connectivity index (χ4n) is 4.02. The van der Waals surface area contributed by atoms with Crippen molar-refractivity contribution >= 4 is 26.0 Å². The number of para-hydroxylation sites is 1. The van der Waals surface area contributed by atoms with E-state index >= 15 is 0 Å². The lowest BCUT2D eigenvalue weighted by Gasteiger charge is -2.46. The lowest BCUT2D eigenvalue weighted by molar-refractivity contribution is -0.153. The Hall–Kier alpha value is -2.19. The maximum Gasteiger partial charge on any atom is 0.267 e. The summed E-state index contributed by atoms with van der Waals surface area (Å²) in [6.07, 6.45) is 0.553. The topological polar surface area (TPSA) is 84.9 Å². The highest BCUT2D eigenvalue weighted by Crippen LogP contribution is 2.38. The molecule has 1 N–H and O–H groups in total. The molecule has 0 bridgehead atoms. The van der Waals surface area contributed by atoms with Gasteiger partial charge in [-0.25, -0.2) is 4.90 Å². The largest absolute Gasteiger partial charge is 0.467 e.